The van der Waals surface area contributed by atoms with Crippen LogP contribution in [0.4, 0.5) is 26.3 Å². The number of sulfonamides is 1. The Morgan fingerprint density at radius 1 is 0.909 bits per heavy atom. The maximum Gasteiger partial charge on any atom is 0.433 e. The molecule has 0 amide bonds. The maximum absolute atomic E-state index is 12.9. The number of halogens is 6. The minimum absolute atomic E-state index is 0.133. The number of benzene rings is 1. The van der Waals surface area contributed by atoms with Crippen LogP contribution in [0.15, 0.2) is 47.5 Å². The van der Waals surface area contributed by atoms with Gasteiger partial charge in [0.2, 0.25) is 10.0 Å². The number of pyridine rings is 1. The smallest absolute Gasteiger partial charge is 0.433 e. The van der Waals surface area contributed by atoms with Crippen molar-refractivity contribution >= 4 is 10.0 Å². The summed E-state index contributed by atoms with van der Waals surface area (Å²) in [6, 6.07) is 5.20. The van der Waals surface area contributed by atoms with E-state index in [1.165, 1.54) is 10.4 Å². The predicted molar refractivity (Wildman–Crippen MR) is 104 cm³/mol. The molecule has 2 fully saturated rings. The summed E-state index contributed by atoms with van der Waals surface area (Å²) >= 11 is 0. The molecule has 0 spiro atoms. The van der Waals surface area contributed by atoms with Crippen molar-refractivity contribution in [1.29, 1.82) is 0 Å². The summed E-state index contributed by atoms with van der Waals surface area (Å²) in [5.74, 6) is 0.182. The van der Waals surface area contributed by atoms with Crippen LogP contribution >= 0.6 is 0 Å². The predicted octanol–water partition coefficient (Wildman–Crippen LogP) is 3.65. The molecule has 180 valence electrons. The van der Waals surface area contributed by atoms with E-state index in [0.29, 0.717) is 19.5 Å². The highest BCUT2D eigenvalue weighted by molar-refractivity contribution is 7.89. The fraction of sp³-hybridized carbons (Fsp3) is 0.450. The lowest BCUT2D eigenvalue weighted by Gasteiger charge is -2.36. The van der Waals surface area contributed by atoms with Crippen LogP contribution in [-0.4, -0.2) is 60.9 Å². The van der Waals surface area contributed by atoms with Crippen molar-refractivity contribution in [3.63, 3.8) is 0 Å². The normalized spacial score (nSPS) is 22.8. The molecule has 6 nitrogen and oxygen atoms in total. The van der Waals surface area contributed by atoms with Crippen molar-refractivity contribution in [3.05, 3.63) is 53.9 Å². The Balaban J connectivity index is 1.40. The van der Waals surface area contributed by atoms with Crippen LogP contribution in [-0.2, 0) is 22.4 Å². The molecule has 0 saturated carbocycles. The number of nitrogens with zero attached hydrogens (tertiary/aromatic N) is 3. The molecule has 0 radical (unpaired) electrons. The van der Waals surface area contributed by atoms with E-state index < -0.39 is 33.6 Å². The van der Waals surface area contributed by atoms with Crippen LogP contribution in [0.1, 0.15) is 17.7 Å². The fourth-order valence-corrected chi connectivity index (χ4v) is 5.52. The zero-order chi connectivity index (χ0) is 24.0. The zero-order valence-electron chi connectivity index (χ0n) is 17.0. The molecule has 1 aromatic heterocycles. The largest absolute Gasteiger partial charge is 0.487 e. The van der Waals surface area contributed by atoms with Gasteiger partial charge in [0.25, 0.3) is 0 Å². The molecule has 33 heavy (non-hydrogen) atoms. The molecule has 1 aromatic carbocycles. The van der Waals surface area contributed by atoms with Gasteiger partial charge in [-0.1, -0.05) is 0 Å². The third-order valence-corrected chi connectivity index (χ3v) is 7.57. The van der Waals surface area contributed by atoms with Crippen molar-refractivity contribution < 1.29 is 39.5 Å². The number of rotatable bonds is 4. The van der Waals surface area contributed by atoms with Crippen LogP contribution in [0.25, 0.3) is 0 Å². The van der Waals surface area contributed by atoms with Gasteiger partial charge in [-0.2, -0.15) is 30.6 Å². The molecule has 3 heterocycles. The highest BCUT2D eigenvalue weighted by atomic mass is 32.2. The summed E-state index contributed by atoms with van der Waals surface area (Å²) in [7, 11) is -3.98. The molecule has 0 N–H and O–H groups in total. The van der Waals surface area contributed by atoms with E-state index >= 15 is 0 Å². The van der Waals surface area contributed by atoms with Crippen molar-refractivity contribution in [1.82, 2.24) is 14.2 Å². The van der Waals surface area contributed by atoms with E-state index in [0.717, 1.165) is 36.5 Å². The van der Waals surface area contributed by atoms with Crippen LogP contribution in [0.5, 0.6) is 5.75 Å². The van der Waals surface area contributed by atoms with E-state index in [1.54, 1.807) is 0 Å². The molecule has 2 atom stereocenters. The highest BCUT2D eigenvalue weighted by Gasteiger charge is 2.41. The van der Waals surface area contributed by atoms with Gasteiger partial charge in [0, 0.05) is 38.6 Å². The Labute approximate surface area is 185 Å². The zero-order valence-corrected chi connectivity index (χ0v) is 17.8. The van der Waals surface area contributed by atoms with Gasteiger partial charge < -0.3 is 4.74 Å². The Bertz CT molecular complexity index is 1090. The molecule has 2 aliphatic rings. The first-order valence-corrected chi connectivity index (χ1v) is 11.4. The molecule has 0 bridgehead atoms. The molecule has 13 heteroatoms. The van der Waals surface area contributed by atoms with Crippen LogP contribution in [0, 0.1) is 0 Å². The van der Waals surface area contributed by atoms with E-state index in [-0.39, 0.29) is 35.9 Å². The first-order valence-electron chi connectivity index (χ1n) is 9.95. The van der Waals surface area contributed by atoms with Crippen LogP contribution < -0.4 is 4.74 Å². The fourth-order valence-electron chi connectivity index (χ4n) is 4.05. The first-order chi connectivity index (χ1) is 15.3. The highest BCUT2D eigenvalue weighted by Crippen LogP contribution is 2.32. The molecule has 2 aromatic rings. The van der Waals surface area contributed by atoms with E-state index in [9.17, 15) is 34.8 Å². The molecular weight excluding hydrogens is 476 g/mol. The average Bonchev–Trinajstić information content (AvgIpc) is 3.14. The van der Waals surface area contributed by atoms with Gasteiger partial charge >= 0.3 is 12.4 Å². The van der Waals surface area contributed by atoms with Crippen LogP contribution in [0.2, 0.25) is 0 Å². The minimum Gasteiger partial charge on any atom is -0.487 e. The molecular formula is C20H19F6N3O3S. The quantitative estimate of drug-likeness (QED) is 0.607. The van der Waals surface area contributed by atoms with Gasteiger partial charge in [-0.3, -0.25) is 4.90 Å². The third kappa shape index (κ3) is 5.09. The second kappa shape index (κ2) is 8.44. The van der Waals surface area contributed by atoms with Crippen molar-refractivity contribution in [2.75, 3.05) is 26.2 Å². The van der Waals surface area contributed by atoms with Crippen molar-refractivity contribution in [2.24, 2.45) is 0 Å². The number of hydrogen-bond donors (Lipinski definition) is 0. The SMILES string of the molecule is O=S(=O)(c1ccc(C(F)(F)F)cc1)N1CCN2C[C@@H](Oc3ccc(C(F)(F)F)nc3)C[C@H]2C1. The average molecular weight is 495 g/mol. The number of alkyl halides is 6. The molecule has 2 aliphatic heterocycles. The Kier molecular flexibility index (Phi) is 6.08. The van der Waals surface area contributed by atoms with Gasteiger partial charge in [-0.05, 0) is 36.4 Å². The minimum atomic E-state index is -4.56. The standard InChI is InChI=1S/C20H19F6N3O3S/c21-19(22,23)13-1-4-17(5-2-13)33(30,31)29-8-7-28-12-16(9-14(28)11-29)32-15-3-6-18(27-10-15)20(24,25)26/h1-6,10,14,16H,7-9,11-12H2/t14-,16-/m0/s1. The maximum atomic E-state index is 12.9. The number of piperazine rings is 1. The van der Waals surface area contributed by atoms with Gasteiger partial charge in [-0.15, -0.1) is 0 Å². The van der Waals surface area contributed by atoms with Crippen LogP contribution in [0.3, 0.4) is 0 Å². The Hall–Kier alpha value is -2.38. The lowest BCUT2D eigenvalue weighted by atomic mass is 10.2. The van der Waals surface area contributed by atoms with Gasteiger partial charge in [0.1, 0.15) is 17.5 Å². The third-order valence-electron chi connectivity index (χ3n) is 5.69. The topological polar surface area (TPSA) is 62.7 Å². The molecule has 2 saturated heterocycles. The van der Waals surface area contributed by atoms with Crippen molar-refractivity contribution in [3.8, 4) is 5.75 Å². The monoisotopic (exact) mass is 495 g/mol. The van der Waals surface area contributed by atoms with Gasteiger partial charge in [0.15, 0.2) is 0 Å². The summed E-state index contributed by atoms with van der Waals surface area (Å²) in [6.07, 6.45) is -8.02. The van der Waals surface area contributed by atoms with E-state index in [2.05, 4.69) is 4.98 Å². The lowest BCUT2D eigenvalue weighted by Crippen LogP contribution is -2.51. The summed E-state index contributed by atoms with van der Waals surface area (Å²) in [5.41, 5.74) is -1.96. The molecule has 4 rings (SSSR count). The van der Waals surface area contributed by atoms with Crippen molar-refractivity contribution in [2.45, 2.75) is 35.8 Å². The lowest BCUT2D eigenvalue weighted by molar-refractivity contribution is -0.141. The van der Waals surface area contributed by atoms with Gasteiger partial charge in [-0.25, -0.2) is 13.4 Å². The summed E-state index contributed by atoms with van der Waals surface area (Å²) in [4.78, 5) is 5.17. The second-order valence-electron chi connectivity index (χ2n) is 7.89. The second-order valence-corrected chi connectivity index (χ2v) is 9.82. The Morgan fingerprint density at radius 2 is 1.61 bits per heavy atom. The summed E-state index contributed by atoms with van der Waals surface area (Å²) in [6.45, 7) is 1.17. The summed E-state index contributed by atoms with van der Waals surface area (Å²) in [5, 5.41) is 0. The first kappa shape index (κ1) is 23.8. The number of ether oxygens (including phenoxy) is 1. The van der Waals surface area contributed by atoms with E-state index in [4.69, 9.17) is 4.74 Å². The number of aromatic nitrogens is 1. The summed E-state index contributed by atoms with van der Waals surface area (Å²) < 4.78 is 109. The van der Waals surface area contributed by atoms with Gasteiger partial charge in [0.05, 0.1) is 16.7 Å². The molecule has 0 aliphatic carbocycles. The van der Waals surface area contributed by atoms with E-state index in [1.807, 2.05) is 4.90 Å². The number of fused-ring (bicyclic) bond motifs is 1. The Morgan fingerprint density at radius 3 is 2.18 bits per heavy atom. The number of hydrogen-bond acceptors (Lipinski definition) is 5. The molecule has 0 unspecified atom stereocenters.